The number of benzene rings is 1. The van der Waals surface area contributed by atoms with Crippen LogP contribution in [0.3, 0.4) is 0 Å². The molecule has 0 bridgehead atoms. The molecular formula is C23H40N6. The summed E-state index contributed by atoms with van der Waals surface area (Å²) < 4.78 is 0. The van der Waals surface area contributed by atoms with E-state index in [0.717, 1.165) is 38.7 Å². The van der Waals surface area contributed by atoms with Crippen molar-refractivity contribution in [1.82, 2.24) is 20.4 Å². The molecule has 0 aliphatic carbocycles. The number of nitrogens with zero attached hydrogens (tertiary/aromatic N) is 4. The second kappa shape index (κ2) is 12.0. The highest BCUT2D eigenvalue weighted by atomic mass is 15.3. The van der Waals surface area contributed by atoms with Crippen LogP contribution in [0.5, 0.6) is 0 Å². The van der Waals surface area contributed by atoms with Crippen molar-refractivity contribution in [3.05, 3.63) is 30.3 Å². The van der Waals surface area contributed by atoms with E-state index in [1.54, 1.807) is 0 Å². The predicted molar refractivity (Wildman–Crippen MR) is 124 cm³/mol. The molecule has 2 N–H and O–H groups in total. The highest BCUT2D eigenvalue weighted by Gasteiger charge is 2.22. The van der Waals surface area contributed by atoms with E-state index in [1.807, 2.05) is 7.05 Å². The maximum atomic E-state index is 4.38. The van der Waals surface area contributed by atoms with Gasteiger partial charge in [-0.05, 0) is 57.5 Å². The summed E-state index contributed by atoms with van der Waals surface area (Å²) in [5, 5.41) is 7.00. The van der Waals surface area contributed by atoms with Crippen LogP contribution >= 0.6 is 0 Å². The standard InChI is InChI=1S/C23H40N6/c1-3-28-15-9-12-22(28)20-26-23(24-2)25-13-7-8-14-27-16-18-29(19-17-27)21-10-5-4-6-11-21/h4-6,10-11,22H,3,7-9,12-20H2,1-2H3,(H2,24,25,26). The molecule has 3 rings (SSSR count). The number of para-hydroxylation sites is 1. The van der Waals surface area contributed by atoms with Crippen LogP contribution in [0.15, 0.2) is 35.3 Å². The summed E-state index contributed by atoms with van der Waals surface area (Å²) in [6.07, 6.45) is 5.05. The lowest BCUT2D eigenvalue weighted by molar-refractivity contribution is 0.253. The van der Waals surface area contributed by atoms with E-state index < -0.39 is 0 Å². The average molecular weight is 401 g/mol. The van der Waals surface area contributed by atoms with Gasteiger partial charge in [-0.2, -0.15) is 0 Å². The third-order valence-corrected chi connectivity index (χ3v) is 6.32. The van der Waals surface area contributed by atoms with Crippen LogP contribution in [0.25, 0.3) is 0 Å². The van der Waals surface area contributed by atoms with Crippen LogP contribution in [-0.4, -0.2) is 87.8 Å². The Morgan fingerprint density at radius 3 is 2.55 bits per heavy atom. The molecule has 0 radical (unpaired) electrons. The largest absolute Gasteiger partial charge is 0.369 e. The molecule has 2 heterocycles. The van der Waals surface area contributed by atoms with E-state index in [4.69, 9.17) is 0 Å². The Morgan fingerprint density at radius 1 is 1.03 bits per heavy atom. The Labute approximate surface area is 177 Å². The third kappa shape index (κ3) is 6.89. The highest BCUT2D eigenvalue weighted by Crippen LogP contribution is 2.16. The first kappa shape index (κ1) is 21.9. The first-order valence-electron chi connectivity index (χ1n) is 11.5. The van der Waals surface area contributed by atoms with Crippen molar-refractivity contribution in [2.24, 2.45) is 4.99 Å². The molecule has 0 aromatic heterocycles. The molecule has 0 amide bonds. The normalized spacial score (nSPS) is 21.5. The number of likely N-dealkylation sites (tertiary alicyclic amines) is 1. The van der Waals surface area contributed by atoms with E-state index in [9.17, 15) is 0 Å². The van der Waals surface area contributed by atoms with E-state index >= 15 is 0 Å². The number of hydrogen-bond acceptors (Lipinski definition) is 4. The number of rotatable bonds is 9. The van der Waals surface area contributed by atoms with Gasteiger partial charge >= 0.3 is 0 Å². The number of guanidine groups is 1. The number of unbranched alkanes of at least 4 members (excludes halogenated alkanes) is 1. The van der Waals surface area contributed by atoms with Crippen LogP contribution in [0, 0.1) is 0 Å². The van der Waals surface area contributed by atoms with Crippen LogP contribution in [-0.2, 0) is 0 Å². The van der Waals surface area contributed by atoms with Gasteiger partial charge < -0.3 is 15.5 Å². The zero-order chi connectivity index (χ0) is 20.3. The summed E-state index contributed by atoms with van der Waals surface area (Å²) in [5.41, 5.74) is 1.36. The number of nitrogens with one attached hydrogen (secondary N) is 2. The van der Waals surface area contributed by atoms with Crippen LogP contribution in [0.4, 0.5) is 5.69 Å². The Balaban J connectivity index is 1.24. The van der Waals surface area contributed by atoms with E-state index in [2.05, 4.69) is 67.6 Å². The SMILES string of the molecule is CCN1CCCC1CNC(=NC)NCCCCN1CCN(c2ccccc2)CC1. The molecule has 2 aliphatic rings. The van der Waals surface area contributed by atoms with Gasteiger partial charge in [0.25, 0.3) is 0 Å². The molecule has 2 saturated heterocycles. The molecule has 0 spiro atoms. The first-order chi connectivity index (χ1) is 14.3. The van der Waals surface area contributed by atoms with Gasteiger partial charge in [0, 0.05) is 58.0 Å². The predicted octanol–water partition coefficient (Wildman–Crippen LogP) is 2.24. The minimum atomic E-state index is 0.660. The number of aliphatic imine (C=N–C) groups is 1. The maximum Gasteiger partial charge on any atom is 0.191 e. The van der Waals surface area contributed by atoms with Crippen LogP contribution in [0.2, 0.25) is 0 Å². The molecule has 1 atom stereocenters. The van der Waals surface area contributed by atoms with Gasteiger partial charge in [0.1, 0.15) is 0 Å². The van der Waals surface area contributed by atoms with Gasteiger partial charge in [0.15, 0.2) is 5.96 Å². The molecule has 6 nitrogen and oxygen atoms in total. The number of likely N-dealkylation sites (N-methyl/N-ethyl adjacent to an activating group) is 1. The third-order valence-electron chi connectivity index (χ3n) is 6.32. The Morgan fingerprint density at radius 2 is 1.83 bits per heavy atom. The monoisotopic (exact) mass is 400 g/mol. The van der Waals surface area contributed by atoms with Crippen molar-refractivity contribution < 1.29 is 0 Å². The fourth-order valence-corrected chi connectivity index (χ4v) is 4.51. The van der Waals surface area contributed by atoms with Crippen molar-refractivity contribution in [1.29, 1.82) is 0 Å². The second-order valence-corrected chi connectivity index (χ2v) is 8.18. The molecule has 0 saturated carbocycles. The van der Waals surface area contributed by atoms with Gasteiger partial charge in [-0.3, -0.25) is 14.8 Å². The number of anilines is 1. The first-order valence-corrected chi connectivity index (χ1v) is 11.5. The van der Waals surface area contributed by atoms with E-state index in [-0.39, 0.29) is 0 Å². The summed E-state index contributed by atoms with van der Waals surface area (Å²) in [7, 11) is 1.87. The quantitative estimate of drug-likeness (QED) is 0.378. The molecule has 29 heavy (non-hydrogen) atoms. The Kier molecular flexibility index (Phi) is 9.09. The minimum absolute atomic E-state index is 0.660. The lowest BCUT2D eigenvalue weighted by atomic mass is 10.2. The molecule has 6 heteroatoms. The summed E-state index contributed by atoms with van der Waals surface area (Å²) >= 11 is 0. The van der Waals surface area contributed by atoms with Crippen molar-refractivity contribution in [2.75, 3.05) is 70.9 Å². The molecule has 1 aromatic rings. The van der Waals surface area contributed by atoms with Gasteiger partial charge in [0.05, 0.1) is 0 Å². The smallest absolute Gasteiger partial charge is 0.191 e. The fourth-order valence-electron chi connectivity index (χ4n) is 4.51. The van der Waals surface area contributed by atoms with Crippen molar-refractivity contribution >= 4 is 11.6 Å². The summed E-state index contributed by atoms with van der Waals surface area (Å²) in [6, 6.07) is 11.4. The van der Waals surface area contributed by atoms with Crippen LogP contribution < -0.4 is 15.5 Å². The van der Waals surface area contributed by atoms with Gasteiger partial charge in [-0.1, -0.05) is 25.1 Å². The summed E-state index contributed by atoms with van der Waals surface area (Å²) in [5.74, 6) is 0.949. The van der Waals surface area contributed by atoms with Gasteiger partial charge in [0.2, 0.25) is 0 Å². The molecule has 2 fully saturated rings. The molecular weight excluding hydrogens is 360 g/mol. The summed E-state index contributed by atoms with van der Waals surface area (Å²) in [6.45, 7) is 12.4. The fraction of sp³-hybridized carbons (Fsp3) is 0.696. The molecule has 2 aliphatic heterocycles. The van der Waals surface area contributed by atoms with E-state index in [0.29, 0.717) is 6.04 Å². The summed E-state index contributed by atoms with van der Waals surface area (Å²) in [4.78, 5) is 12.1. The molecule has 1 aromatic carbocycles. The average Bonchev–Trinajstić information content (AvgIpc) is 3.24. The van der Waals surface area contributed by atoms with Crippen molar-refractivity contribution in [3.63, 3.8) is 0 Å². The molecule has 1 unspecified atom stereocenters. The topological polar surface area (TPSA) is 46.1 Å². The van der Waals surface area contributed by atoms with Gasteiger partial charge in [-0.25, -0.2) is 0 Å². The van der Waals surface area contributed by atoms with Crippen molar-refractivity contribution in [3.8, 4) is 0 Å². The van der Waals surface area contributed by atoms with E-state index in [1.165, 1.54) is 57.5 Å². The number of piperazine rings is 1. The second-order valence-electron chi connectivity index (χ2n) is 8.18. The lowest BCUT2D eigenvalue weighted by Crippen LogP contribution is -2.47. The number of hydrogen-bond donors (Lipinski definition) is 2. The minimum Gasteiger partial charge on any atom is -0.369 e. The van der Waals surface area contributed by atoms with Crippen molar-refractivity contribution in [2.45, 2.75) is 38.6 Å². The van der Waals surface area contributed by atoms with Gasteiger partial charge in [-0.15, -0.1) is 0 Å². The van der Waals surface area contributed by atoms with Crippen LogP contribution in [0.1, 0.15) is 32.6 Å². The Bertz CT molecular complexity index is 597. The lowest BCUT2D eigenvalue weighted by Gasteiger charge is -2.36. The zero-order valence-electron chi connectivity index (χ0n) is 18.4. The molecule has 162 valence electrons. The Hall–Kier alpha value is -1.79. The highest BCUT2D eigenvalue weighted by molar-refractivity contribution is 5.79. The zero-order valence-corrected chi connectivity index (χ0v) is 18.4. The maximum absolute atomic E-state index is 4.38.